The molecule has 4 rings (SSSR count). The average Bonchev–Trinajstić information content (AvgIpc) is 3.51. The summed E-state index contributed by atoms with van der Waals surface area (Å²) in [5.41, 5.74) is 0.728. The van der Waals surface area contributed by atoms with Crippen LogP contribution in [0.25, 0.3) is 0 Å². The molecule has 0 aliphatic carbocycles. The Morgan fingerprint density at radius 2 is 1.74 bits per heavy atom. The van der Waals surface area contributed by atoms with Crippen molar-refractivity contribution in [1.82, 2.24) is 5.06 Å². The van der Waals surface area contributed by atoms with E-state index in [9.17, 15) is 0 Å². The highest BCUT2D eigenvalue weighted by Crippen LogP contribution is 2.54. The van der Waals surface area contributed by atoms with Crippen LogP contribution in [0.4, 0.5) is 0 Å². The van der Waals surface area contributed by atoms with Gasteiger partial charge < -0.3 is 18.9 Å². The van der Waals surface area contributed by atoms with Gasteiger partial charge in [0.1, 0.15) is 24.6 Å². The van der Waals surface area contributed by atoms with E-state index in [-0.39, 0.29) is 29.2 Å². The van der Waals surface area contributed by atoms with Crippen molar-refractivity contribution in [1.29, 1.82) is 0 Å². The quantitative estimate of drug-likeness (QED) is 0.545. The second-order valence-electron chi connectivity index (χ2n) is 9.85. The van der Waals surface area contributed by atoms with E-state index in [4.69, 9.17) is 23.8 Å². The number of piperidine rings is 1. The first-order valence-corrected chi connectivity index (χ1v) is 11.9. The maximum atomic E-state index is 6.77. The van der Waals surface area contributed by atoms with Crippen LogP contribution >= 0.6 is 0 Å². The van der Waals surface area contributed by atoms with Gasteiger partial charge in [0.15, 0.2) is 5.79 Å². The maximum Gasteiger partial charge on any atom is 0.174 e. The summed E-state index contributed by atoms with van der Waals surface area (Å²) in [7, 11) is 0. The summed E-state index contributed by atoms with van der Waals surface area (Å²) in [6.45, 7) is 16.2. The summed E-state index contributed by atoms with van der Waals surface area (Å²) < 4.78 is 23.5. The van der Waals surface area contributed by atoms with Gasteiger partial charge in [-0.25, -0.2) is 0 Å². The summed E-state index contributed by atoms with van der Waals surface area (Å²) >= 11 is 0. The SMILES string of the molecule is CCC1(C)CC2(OCCO2)C(C)C(C)(CC)N1OC(C)c1ccc(OCC2CO2)cc1. The van der Waals surface area contributed by atoms with Gasteiger partial charge in [-0.3, -0.25) is 4.84 Å². The lowest BCUT2D eigenvalue weighted by Gasteiger charge is -2.62. The normalized spacial score (nSPS) is 35.9. The van der Waals surface area contributed by atoms with Crippen LogP contribution in [0.5, 0.6) is 5.75 Å². The van der Waals surface area contributed by atoms with Crippen LogP contribution in [0, 0.1) is 5.92 Å². The van der Waals surface area contributed by atoms with Gasteiger partial charge in [-0.05, 0) is 51.3 Å². The van der Waals surface area contributed by atoms with Crippen LogP contribution in [0.1, 0.15) is 72.5 Å². The zero-order valence-corrected chi connectivity index (χ0v) is 20.0. The Kier molecular flexibility index (Phi) is 6.41. The van der Waals surface area contributed by atoms with Crippen molar-refractivity contribution in [3.05, 3.63) is 29.8 Å². The monoisotopic (exact) mass is 433 g/mol. The third-order valence-electron chi connectivity index (χ3n) is 7.88. The first kappa shape index (κ1) is 23.0. The first-order valence-electron chi connectivity index (χ1n) is 11.9. The number of nitrogens with zero attached hydrogens (tertiary/aromatic N) is 1. The Labute approximate surface area is 187 Å². The highest BCUT2D eigenvalue weighted by atomic mass is 16.7. The number of hydrogen-bond acceptors (Lipinski definition) is 6. The van der Waals surface area contributed by atoms with Crippen LogP contribution < -0.4 is 4.74 Å². The third kappa shape index (κ3) is 4.25. The minimum absolute atomic E-state index is 0.0794. The molecule has 3 aliphatic heterocycles. The highest BCUT2D eigenvalue weighted by molar-refractivity contribution is 5.28. The minimum atomic E-state index is -0.525. The molecule has 0 bridgehead atoms. The number of rotatable bonds is 8. The largest absolute Gasteiger partial charge is 0.491 e. The molecule has 3 heterocycles. The smallest absolute Gasteiger partial charge is 0.174 e. The molecule has 31 heavy (non-hydrogen) atoms. The van der Waals surface area contributed by atoms with Crippen molar-refractivity contribution in [3.63, 3.8) is 0 Å². The molecule has 1 aromatic carbocycles. The minimum Gasteiger partial charge on any atom is -0.491 e. The molecule has 3 saturated heterocycles. The Bertz CT molecular complexity index is 745. The molecular weight excluding hydrogens is 394 g/mol. The van der Waals surface area contributed by atoms with Crippen molar-refractivity contribution >= 4 is 0 Å². The molecule has 3 aliphatic rings. The zero-order chi connectivity index (χ0) is 22.3. The van der Waals surface area contributed by atoms with Crippen LogP contribution in [-0.2, 0) is 19.0 Å². The Hall–Kier alpha value is -1.18. The van der Waals surface area contributed by atoms with Gasteiger partial charge in [-0.15, -0.1) is 0 Å². The van der Waals surface area contributed by atoms with Gasteiger partial charge in [0.2, 0.25) is 0 Å². The molecule has 174 valence electrons. The van der Waals surface area contributed by atoms with E-state index in [1.165, 1.54) is 0 Å². The van der Waals surface area contributed by atoms with Crippen molar-refractivity contribution in [3.8, 4) is 5.75 Å². The van der Waals surface area contributed by atoms with E-state index in [2.05, 4.69) is 58.7 Å². The zero-order valence-electron chi connectivity index (χ0n) is 20.0. The van der Waals surface area contributed by atoms with Crippen molar-refractivity contribution in [2.75, 3.05) is 26.4 Å². The van der Waals surface area contributed by atoms with E-state index in [1.54, 1.807) is 0 Å². The molecule has 0 N–H and O–H groups in total. The van der Waals surface area contributed by atoms with E-state index < -0.39 is 5.79 Å². The molecule has 6 heteroatoms. The number of hydrogen-bond donors (Lipinski definition) is 0. The lowest BCUT2D eigenvalue weighted by atomic mass is 9.67. The molecule has 0 saturated carbocycles. The topological polar surface area (TPSA) is 52.7 Å². The Morgan fingerprint density at radius 1 is 1.10 bits per heavy atom. The molecular formula is C25H39NO5. The Morgan fingerprint density at radius 3 is 2.29 bits per heavy atom. The predicted octanol–water partition coefficient (Wildman–Crippen LogP) is 4.88. The number of hydroxylamine groups is 2. The molecule has 6 nitrogen and oxygen atoms in total. The maximum absolute atomic E-state index is 6.77. The van der Waals surface area contributed by atoms with E-state index in [1.807, 2.05) is 12.1 Å². The second-order valence-corrected chi connectivity index (χ2v) is 9.85. The molecule has 5 atom stereocenters. The summed E-state index contributed by atoms with van der Waals surface area (Å²) in [6, 6.07) is 8.23. The molecule has 0 aromatic heterocycles. The number of epoxide rings is 1. The summed E-state index contributed by atoms with van der Waals surface area (Å²) in [6.07, 6.45) is 2.88. The summed E-state index contributed by atoms with van der Waals surface area (Å²) in [4.78, 5) is 6.77. The van der Waals surface area contributed by atoms with Gasteiger partial charge in [-0.2, -0.15) is 5.06 Å². The fourth-order valence-electron chi connectivity index (χ4n) is 5.22. The van der Waals surface area contributed by atoms with Gasteiger partial charge in [-0.1, -0.05) is 32.9 Å². The van der Waals surface area contributed by atoms with E-state index in [0.29, 0.717) is 19.8 Å². The predicted molar refractivity (Wildman–Crippen MR) is 119 cm³/mol. The summed E-state index contributed by atoms with van der Waals surface area (Å²) in [5.74, 6) is 0.523. The molecule has 5 unspecified atom stereocenters. The molecule has 3 fully saturated rings. The van der Waals surface area contributed by atoms with Gasteiger partial charge in [0, 0.05) is 17.9 Å². The lowest BCUT2D eigenvalue weighted by molar-refractivity contribution is -0.378. The van der Waals surface area contributed by atoms with Crippen molar-refractivity contribution in [2.45, 2.75) is 89.9 Å². The number of benzene rings is 1. The summed E-state index contributed by atoms with van der Waals surface area (Å²) in [5, 5.41) is 2.28. The molecule has 0 radical (unpaired) electrons. The highest BCUT2D eigenvalue weighted by Gasteiger charge is 2.63. The van der Waals surface area contributed by atoms with E-state index in [0.717, 1.165) is 37.2 Å². The van der Waals surface area contributed by atoms with Gasteiger partial charge >= 0.3 is 0 Å². The van der Waals surface area contributed by atoms with Gasteiger partial charge in [0.25, 0.3) is 0 Å². The molecule has 1 aromatic rings. The Balaban J connectivity index is 1.53. The van der Waals surface area contributed by atoms with Crippen LogP contribution in [0.15, 0.2) is 24.3 Å². The molecule has 0 amide bonds. The molecule has 1 spiro atoms. The first-order chi connectivity index (χ1) is 14.8. The fraction of sp³-hybridized carbons (Fsp3) is 0.760. The van der Waals surface area contributed by atoms with Gasteiger partial charge in [0.05, 0.1) is 25.4 Å². The van der Waals surface area contributed by atoms with Crippen LogP contribution in [0.2, 0.25) is 0 Å². The lowest BCUT2D eigenvalue weighted by Crippen LogP contribution is -2.71. The fourth-order valence-corrected chi connectivity index (χ4v) is 5.22. The van der Waals surface area contributed by atoms with E-state index >= 15 is 0 Å². The van der Waals surface area contributed by atoms with Crippen molar-refractivity contribution < 1.29 is 23.8 Å². The van der Waals surface area contributed by atoms with Crippen LogP contribution in [-0.4, -0.2) is 54.5 Å². The van der Waals surface area contributed by atoms with Crippen LogP contribution in [0.3, 0.4) is 0 Å². The standard InChI is InChI=1S/C25H39NO5/c1-7-23(5)17-25(29-13-14-30-25)19(4)24(6,8-2)26(23)31-18(3)20-9-11-21(12-10-20)27-15-22-16-28-22/h9-12,18-19,22H,7-8,13-17H2,1-6H3. The second kappa shape index (κ2) is 8.64. The third-order valence-corrected chi connectivity index (χ3v) is 7.88. The average molecular weight is 434 g/mol. The number of ether oxygens (including phenoxy) is 4. The van der Waals surface area contributed by atoms with Crippen molar-refractivity contribution in [2.24, 2.45) is 5.92 Å².